The first kappa shape index (κ1) is 15.9. The molecule has 1 aliphatic heterocycles. The van der Waals surface area contributed by atoms with Crippen LogP contribution in [0.2, 0.25) is 0 Å². The molecule has 18 heavy (non-hydrogen) atoms. The molecule has 0 spiro atoms. The molecule has 108 valence electrons. The van der Waals surface area contributed by atoms with Crippen molar-refractivity contribution in [1.29, 1.82) is 0 Å². The number of morpholine rings is 1. The summed E-state index contributed by atoms with van der Waals surface area (Å²) in [5.41, 5.74) is 0. The fraction of sp³-hybridized carbons (Fsp3) is 1.00. The number of ether oxygens (including phenoxy) is 1. The minimum absolute atomic E-state index is 0.254. The number of rotatable bonds is 8. The third-order valence-corrected chi connectivity index (χ3v) is 3.46. The standard InChI is InChI=1S/C13H29N3O2/c1-4-16(5-2)10-12(17)8-14-9-13-11-15(3)6-7-18-13/h12-14,17H,4-11H2,1-3H3. The summed E-state index contributed by atoms with van der Waals surface area (Å²) in [4.78, 5) is 4.51. The van der Waals surface area contributed by atoms with Gasteiger partial charge in [-0.3, -0.25) is 0 Å². The van der Waals surface area contributed by atoms with Crippen molar-refractivity contribution in [1.82, 2.24) is 15.1 Å². The molecule has 5 heteroatoms. The van der Waals surface area contributed by atoms with Crippen molar-refractivity contribution in [3.63, 3.8) is 0 Å². The Balaban J connectivity index is 2.09. The smallest absolute Gasteiger partial charge is 0.0826 e. The van der Waals surface area contributed by atoms with Crippen LogP contribution in [0, 0.1) is 0 Å². The molecule has 1 heterocycles. The Labute approximate surface area is 111 Å². The van der Waals surface area contributed by atoms with Gasteiger partial charge in [-0.15, -0.1) is 0 Å². The van der Waals surface area contributed by atoms with E-state index in [1.54, 1.807) is 0 Å². The van der Waals surface area contributed by atoms with Crippen molar-refractivity contribution < 1.29 is 9.84 Å². The molecule has 0 bridgehead atoms. The Morgan fingerprint density at radius 2 is 2.17 bits per heavy atom. The van der Waals surface area contributed by atoms with E-state index < -0.39 is 0 Å². The Morgan fingerprint density at radius 1 is 1.44 bits per heavy atom. The summed E-state index contributed by atoms with van der Waals surface area (Å²) in [6.07, 6.45) is -0.0457. The van der Waals surface area contributed by atoms with E-state index in [4.69, 9.17) is 4.74 Å². The molecule has 0 radical (unpaired) electrons. The number of aliphatic hydroxyl groups is 1. The van der Waals surface area contributed by atoms with Crippen LogP contribution in [0.5, 0.6) is 0 Å². The van der Waals surface area contributed by atoms with Crippen LogP contribution < -0.4 is 5.32 Å². The zero-order valence-corrected chi connectivity index (χ0v) is 12.1. The van der Waals surface area contributed by atoms with Gasteiger partial charge < -0.3 is 25.0 Å². The maximum Gasteiger partial charge on any atom is 0.0826 e. The highest BCUT2D eigenvalue weighted by Crippen LogP contribution is 2.01. The van der Waals surface area contributed by atoms with Crippen LogP contribution in [0.1, 0.15) is 13.8 Å². The van der Waals surface area contributed by atoms with Gasteiger partial charge >= 0.3 is 0 Å². The van der Waals surface area contributed by atoms with Crippen LogP contribution >= 0.6 is 0 Å². The normalized spacial score (nSPS) is 23.5. The molecule has 1 saturated heterocycles. The number of hydrogen-bond donors (Lipinski definition) is 2. The average Bonchev–Trinajstić information content (AvgIpc) is 2.36. The van der Waals surface area contributed by atoms with E-state index in [0.717, 1.165) is 45.9 Å². The quantitative estimate of drug-likeness (QED) is 0.622. The first-order chi connectivity index (χ1) is 8.65. The summed E-state index contributed by atoms with van der Waals surface area (Å²) in [6, 6.07) is 0. The van der Waals surface area contributed by atoms with E-state index in [2.05, 4.69) is 36.0 Å². The molecule has 2 atom stereocenters. The summed E-state index contributed by atoms with van der Waals surface area (Å²) in [5.74, 6) is 0. The van der Waals surface area contributed by atoms with Crippen LogP contribution in [0.4, 0.5) is 0 Å². The van der Waals surface area contributed by atoms with Gasteiger partial charge in [-0.2, -0.15) is 0 Å². The lowest BCUT2D eigenvalue weighted by Crippen LogP contribution is -2.46. The van der Waals surface area contributed by atoms with Gasteiger partial charge in [-0.05, 0) is 20.1 Å². The van der Waals surface area contributed by atoms with E-state index in [1.807, 2.05) is 0 Å². The highest BCUT2D eigenvalue weighted by Gasteiger charge is 2.17. The lowest BCUT2D eigenvalue weighted by Gasteiger charge is -2.30. The van der Waals surface area contributed by atoms with Gasteiger partial charge in [0.2, 0.25) is 0 Å². The highest BCUT2D eigenvalue weighted by molar-refractivity contribution is 4.73. The van der Waals surface area contributed by atoms with Gasteiger partial charge in [0.05, 0.1) is 18.8 Å². The Kier molecular flexibility index (Phi) is 7.77. The van der Waals surface area contributed by atoms with Crippen LogP contribution in [-0.2, 0) is 4.74 Å². The third kappa shape index (κ3) is 6.11. The van der Waals surface area contributed by atoms with E-state index in [0.29, 0.717) is 6.54 Å². The van der Waals surface area contributed by atoms with Crippen LogP contribution in [0.25, 0.3) is 0 Å². The molecule has 1 aliphatic rings. The molecule has 2 unspecified atom stereocenters. The largest absolute Gasteiger partial charge is 0.390 e. The Hall–Kier alpha value is -0.200. The predicted molar refractivity (Wildman–Crippen MR) is 73.9 cm³/mol. The summed E-state index contributed by atoms with van der Waals surface area (Å²) in [7, 11) is 2.12. The van der Waals surface area contributed by atoms with Gasteiger partial charge in [0, 0.05) is 32.7 Å². The molecule has 0 aromatic carbocycles. The van der Waals surface area contributed by atoms with Crippen molar-refractivity contribution in [3.05, 3.63) is 0 Å². The molecule has 0 saturated carbocycles. The number of aliphatic hydroxyl groups excluding tert-OH is 1. The molecule has 0 aromatic rings. The summed E-state index contributed by atoms with van der Waals surface area (Å²) < 4.78 is 5.66. The number of hydrogen-bond acceptors (Lipinski definition) is 5. The molecule has 1 fully saturated rings. The molecule has 0 aromatic heterocycles. The van der Waals surface area contributed by atoms with Crippen molar-refractivity contribution in [2.24, 2.45) is 0 Å². The van der Waals surface area contributed by atoms with Gasteiger partial charge in [-0.25, -0.2) is 0 Å². The topological polar surface area (TPSA) is 48.0 Å². The number of likely N-dealkylation sites (N-methyl/N-ethyl adjacent to an activating group) is 2. The molecule has 5 nitrogen and oxygen atoms in total. The van der Waals surface area contributed by atoms with E-state index in [-0.39, 0.29) is 12.2 Å². The van der Waals surface area contributed by atoms with Gasteiger partial charge in [0.15, 0.2) is 0 Å². The number of nitrogens with zero attached hydrogens (tertiary/aromatic N) is 2. The Morgan fingerprint density at radius 3 is 2.78 bits per heavy atom. The van der Waals surface area contributed by atoms with Gasteiger partial charge in [0.25, 0.3) is 0 Å². The molecular weight excluding hydrogens is 230 g/mol. The highest BCUT2D eigenvalue weighted by atomic mass is 16.5. The fourth-order valence-electron chi connectivity index (χ4n) is 2.25. The van der Waals surface area contributed by atoms with Crippen LogP contribution in [0.15, 0.2) is 0 Å². The van der Waals surface area contributed by atoms with E-state index in [1.165, 1.54) is 0 Å². The molecular formula is C13H29N3O2. The second-order valence-electron chi connectivity index (χ2n) is 5.05. The zero-order chi connectivity index (χ0) is 13.4. The molecule has 0 aliphatic carbocycles. The molecule has 0 amide bonds. The van der Waals surface area contributed by atoms with Crippen LogP contribution in [0.3, 0.4) is 0 Å². The molecule has 2 N–H and O–H groups in total. The molecule has 1 rings (SSSR count). The minimum Gasteiger partial charge on any atom is -0.390 e. The number of nitrogens with one attached hydrogen (secondary N) is 1. The second kappa shape index (κ2) is 8.82. The first-order valence-corrected chi connectivity index (χ1v) is 7.07. The van der Waals surface area contributed by atoms with Crippen LogP contribution in [-0.4, -0.2) is 86.6 Å². The third-order valence-electron chi connectivity index (χ3n) is 3.46. The SMILES string of the molecule is CCN(CC)CC(O)CNCC1CN(C)CCO1. The predicted octanol–water partition coefficient (Wildman–Crippen LogP) is -0.391. The van der Waals surface area contributed by atoms with Crippen molar-refractivity contribution in [3.8, 4) is 0 Å². The summed E-state index contributed by atoms with van der Waals surface area (Å²) in [5, 5.41) is 13.2. The fourth-order valence-corrected chi connectivity index (χ4v) is 2.25. The average molecular weight is 259 g/mol. The minimum atomic E-state index is -0.300. The van der Waals surface area contributed by atoms with Crippen molar-refractivity contribution in [2.45, 2.75) is 26.1 Å². The Bertz CT molecular complexity index is 212. The lowest BCUT2D eigenvalue weighted by atomic mass is 10.2. The lowest BCUT2D eigenvalue weighted by molar-refractivity contribution is -0.0194. The van der Waals surface area contributed by atoms with Gasteiger partial charge in [-0.1, -0.05) is 13.8 Å². The monoisotopic (exact) mass is 259 g/mol. The summed E-state index contributed by atoms with van der Waals surface area (Å²) in [6.45, 7) is 11.2. The van der Waals surface area contributed by atoms with Gasteiger partial charge in [0.1, 0.15) is 0 Å². The van der Waals surface area contributed by atoms with E-state index in [9.17, 15) is 5.11 Å². The van der Waals surface area contributed by atoms with E-state index >= 15 is 0 Å². The van der Waals surface area contributed by atoms with Crippen molar-refractivity contribution in [2.75, 3.05) is 59.5 Å². The second-order valence-corrected chi connectivity index (χ2v) is 5.05. The first-order valence-electron chi connectivity index (χ1n) is 7.07. The maximum absolute atomic E-state index is 9.91. The van der Waals surface area contributed by atoms with Crippen molar-refractivity contribution >= 4 is 0 Å². The zero-order valence-electron chi connectivity index (χ0n) is 12.1. The maximum atomic E-state index is 9.91. The summed E-state index contributed by atoms with van der Waals surface area (Å²) >= 11 is 0.